The van der Waals surface area contributed by atoms with Crippen molar-refractivity contribution >= 4 is 11.9 Å². The van der Waals surface area contributed by atoms with Crippen LogP contribution in [-0.4, -0.2) is 19.0 Å². The summed E-state index contributed by atoms with van der Waals surface area (Å²) < 4.78 is 18.5. The Balaban J connectivity index is 1.79. The van der Waals surface area contributed by atoms with E-state index in [1.807, 2.05) is 12.1 Å². The van der Waals surface area contributed by atoms with Gasteiger partial charge in [-0.3, -0.25) is 10.1 Å². The van der Waals surface area contributed by atoms with E-state index >= 15 is 0 Å². The number of amides is 1. The third-order valence-electron chi connectivity index (χ3n) is 4.11. The highest BCUT2D eigenvalue weighted by atomic mass is 19.1. The third kappa shape index (κ3) is 3.62. The zero-order chi connectivity index (χ0) is 16.9. The van der Waals surface area contributed by atoms with Gasteiger partial charge in [-0.25, -0.2) is 9.38 Å². The van der Waals surface area contributed by atoms with Crippen molar-refractivity contribution in [1.82, 2.24) is 5.32 Å². The van der Waals surface area contributed by atoms with E-state index in [-0.39, 0.29) is 17.6 Å². The van der Waals surface area contributed by atoms with Crippen LogP contribution in [0.3, 0.4) is 0 Å². The van der Waals surface area contributed by atoms with Crippen LogP contribution in [-0.2, 0) is 11.2 Å². The van der Waals surface area contributed by atoms with Crippen LogP contribution in [0.4, 0.5) is 4.39 Å². The molecule has 5 heteroatoms. The second-order valence-corrected chi connectivity index (χ2v) is 5.71. The molecule has 2 aromatic carbocycles. The fourth-order valence-corrected chi connectivity index (χ4v) is 2.94. The van der Waals surface area contributed by atoms with Gasteiger partial charge in [-0.05, 0) is 48.6 Å². The number of hydrogen-bond acceptors (Lipinski definition) is 3. The highest BCUT2D eigenvalue weighted by Crippen LogP contribution is 2.32. The largest absolute Gasteiger partial charge is 0.468 e. The van der Waals surface area contributed by atoms with Gasteiger partial charge in [-0.1, -0.05) is 30.3 Å². The van der Waals surface area contributed by atoms with Gasteiger partial charge in [-0.2, -0.15) is 0 Å². The summed E-state index contributed by atoms with van der Waals surface area (Å²) in [5.74, 6) is -0.904. The van der Waals surface area contributed by atoms with E-state index in [9.17, 15) is 9.18 Å². The maximum Gasteiger partial charge on any atom is 0.292 e. The van der Waals surface area contributed by atoms with Crippen molar-refractivity contribution in [3.8, 4) is 0 Å². The normalized spacial score (nSPS) is 17.1. The van der Waals surface area contributed by atoms with Gasteiger partial charge in [0, 0.05) is 5.56 Å². The zero-order valence-corrected chi connectivity index (χ0v) is 13.5. The second kappa shape index (κ2) is 7.25. The molecule has 0 saturated carbocycles. The predicted octanol–water partition coefficient (Wildman–Crippen LogP) is 3.64. The Kier molecular flexibility index (Phi) is 4.89. The average Bonchev–Trinajstić information content (AvgIpc) is 2.61. The standard InChI is InChI=1S/C19H19FN2O2/c1-24-19(22-18(23)14-8-4-9-15(20)12-14)21-17-11-5-7-13-6-2-3-10-16(13)17/h2-4,6,8-10,12,17H,5,7,11H2,1H3,(H,21,22,23). The highest BCUT2D eigenvalue weighted by molar-refractivity contribution is 6.04. The number of benzene rings is 2. The summed E-state index contributed by atoms with van der Waals surface area (Å²) >= 11 is 0. The maximum absolute atomic E-state index is 13.2. The molecule has 0 radical (unpaired) electrons. The van der Waals surface area contributed by atoms with Gasteiger partial charge in [0.25, 0.3) is 11.9 Å². The number of rotatable bonds is 2. The summed E-state index contributed by atoms with van der Waals surface area (Å²) in [4.78, 5) is 16.8. The summed E-state index contributed by atoms with van der Waals surface area (Å²) in [6.07, 6.45) is 2.99. The van der Waals surface area contributed by atoms with E-state index in [1.54, 1.807) is 6.07 Å². The third-order valence-corrected chi connectivity index (χ3v) is 4.11. The number of amidine groups is 1. The van der Waals surface area contributed by atoms with Crippen LogP contribution < -0.4 is 5.32 Å². The van der Waals surface area contributed by atoms with E-state index in [2.05, 4.69) is 22.4 Å². The van der Waals surface area contributed by atoms with E-state index in [0.717, 1.165) is 19.3 Å². The Morgan fingerprint density at radius 2 is 2.08 bits per heavy atom. The summed E-state index contributed by atoms with van der Waals surface area (Å²) in [5, 5.41) is 2.61. The topological polar surface area (TPSA) is 50.7 Å². The van der Waals surface area contributed by atoms with E-state index in [0.29, 0.717) is 0 Å². The monoisotopic (exact) mass is 326 g/mol. The van der Waals surface area contributed by atoms with Crippen LogP contribution in [0, 0.1) is 5.82 Å². The molecule has 0 aliphatic heterocycles. The van der Waals surface area contributed by atoms with Crippen LogP contribution in [0.1, 0.15) is 40.4 Å². The van der Waals surface area contributed by atoms with E-state index in [4.69, 9.17) is 4.74 Å². The van der Waals surface area contributed by atoms with Crippen LogP contribution >= 0.6 is 0 Å². The van der Waals surface area contributed by atoms with Gasteiger partial charge in [0.2, 0.25) is 0 Å². The van der Waals surface area contributed by atoms with Gasteiger partial charge < -0.3 is 4.74 Å². The number of nitrogens with one attached hydrogen (secondary N) is 1. The Morgan fingerprint density at radius 3 is 2.88 bits per heavy atom. The second-order valence-electron chi connectivity index (χ2n) is 5.71. The van der Waals surface area contributed by atoms with Crippen LogP contribution in [0.25, 0.3) is 0 Å². The molecule has 1 N–H and O–H groups in total. The number of methoxy groups -OCH3 is 1. The molecule has 124 valence electrons. The summed E-state index contributed by atoms with van der Waals surface area (Å²) in [5.41, 5.74) is 2.67. The first-order valence-electron chi connectivity index (χ1n) is 7.94. The molecule has 2 aromatic rings. The first-order valence-corrected chi connectivity index (χ1v) is 7.94. The van der Waals surface area contributed by atoms with Crippen LogP contribution in [0.5, 0.6) is 0 Å². The Hall–Kier alpha value is -2.69. The molecule has 1 aliphatic carbocycles. The number of nitrogens with zero attached hydrogens (tertiary/aromatic N) is 1. The van der Waals surface area contributed by atoms with Crippen molar-refractivity contribution in [1.29, 1.82) is 0 Å². The highest BCUT2D eigenvalue weighted by Gasteiger charge is 2.20. The lowest BCUT2D eigenvalue weighted by Crippen LogP contribution is -2.32. The molecule has 0 aromatic heterocycles. The lowest BCUT2D eigenvalue weighted by Gasteiger charge is -2.23. The Labute approximate surface area is 140 Å². The number of halogens is 1. The minimum atomic E-state index is -0.459. The number of aliphatic imine (C=N–C) groups is 1. The smallest absolute Gasteiger partial charge is 0.292 e. The minimum Gasteiger partial charge on any atom is -0.468 e. The van der Waals surface area contributed by atoms with Crippen molar-refractivity contribution in [2.45, 2.75) is 25.3 Å². The summed E-state index contributed by atoms with van der Waals surface area (Å²) in [7, 11) is 1.46. The zero-order valence-electron chi connectivity index (χ0n) is 13.5. The van der Waals surface area contributed by atoms with E-state index < -0.39 is 11.7 Å². The minimum absolute atomic E-state index is 0.0438. The van der Waals surface area contributed by atoms with E-state index in [1.165, 1.54) is 36.4 Å². The number of fused-ring (bicyclic) bond motifs is 1. The molecule has 1 unspecified atom stereocenters. The Bertz CT molecular complexity index is 773. The maximum atomic E-state index is 13.2. The number of carbonyl (C=O) groups is 1. The van der Waals surface area contributed by atoms with Gasteiger partial charge in [0.1, 0.15) is 5.82 Å². The van der Waals surface area contributed by atoms with Crippen molar-refractivity contribution < 1.29 is 13.9 Å². The fourth-order valence-electron chi connectivity index (χ4n) is 2.94. The van der Waals surface area contributed by atoms with Gasteiger partial charge in [0.05, 0.1) is 13.2 Å². The molecule has 4 nitrogen and oxygen atoms in total. The SMILES string of the molecule is COC(=NC1CCCc2ccccc21)NC(=O)c1cccc(F)c1. The molecular formula is C19H19FN2O2. The number of carbonyl (C=O) groups excluding carboxylic acids is 1. The molecule has 0 spiro atoms. The number of ether oxygens (including phenoxy) is 1. The molecule has 0 fully saturated rings. The molecule has 1 aliphatic rings. The average molecular weight is 326 g/mol. The molecule has 0 heterocycles. The predicted molar refractivity (Wildman–Crippen MR) is 90.4 cm³/mol. The van der Waals surface area contributed by atoms with Crippen molar-refractivity contribution in [2.75, 3.05) is 7.11 Å². The number of aryl methyl sites for hydroxylation is 1. The Morgan fingerprint density at radius 1 is 1.25 bits per heavy atom. The van der Waals surface area contributed by atoms with Crippen LogP contribution in [0.15, 0.2) is 53.5 Å². The first kappa shape index (κ1) is 16.2. The summed E-state index contributed by atoms with van der Waals surface area (Å²) in [6, 6.07) is 13.8. The molecular weight excluding hydrogens is 307 g/mol. The molecule has 0 saturated heterocycles. The lowest BCUT2D eigenvalue weighted by molar-refractivity contribution is 0.0967. The quantitative estimate of drug-likeness (QED) is 0.677. The molecule has 1 atom stereocenters. The molecule has 1 amide bonds. The van der Waals surface area contributed by atoms with Crippen LogP contribution in [0.2, 0.25) is 0 Å². The lowest BCUT2D eigenvalue weighted by atomic mass is 9.88. The molecule has 0 bridgehead atoms. The summed E-state index contributed by atoms with van der Waals surface area (Å²) in [6.45, 7) is 0. The fraction of sp³-hybridized carbons (Fsp3) is 0.263. The van der Waals surface area contributed by atoms with Gasteiger partial charge in [0.15, 0.2) is 0 Å². The first-order chi connectivity index (χ1) is 11.7. The molecule has 24 heavy (non-hydrogen) atoms. The van der Waals surface area contributed by atoms with Gasteiger partial charge >= 0.3 is 0 Å². The number of hydrogen-bond donors (Lipinski definition) is 1. The van der Waals surface area contributed by atoms with Crippen molar-refractivity contribution in [3.63, 3.8) is 0 Å². The van der Waals surface area contributed by atoms with Crippen molar-refractivity contribution in [3.05, 3.63) is 71.0 Å². The molecule has 3 rings (SSSR count). The van der Waals surface area contributed by atoms with Gasteiger partial charge in [-0.15, -0.1) is 0 Å². The van der Waals surface area contributed by atoms with Crippen molar-refractivity contribution in [2.24, 2.45) is 4.99 Å².